The summed E-state index contributed by atoms with van der Waals surface area (Å²) >= 11 is 0. The minimum atomic E-state index is 0. The number of hydrogen-bond donors (Lipinski definition) is 1. The van der Waals surface area contributed by atoms with Gasteiger partial charge in [0.05, 0.1) is 5.69 Å². The normalized spacial score (nSPS) is 14.1. The summed E-state index contributed by atoms with van der Waals surface area (Å²) in [5, 5.41) is 0. The number of aryl methyl sites for hydroxylation is 1. The van der Waals surface area contributed by atoms with Crippen molar-refractivity contribution in [1.82, 2.24) is 4.98 Å². The Bertz CT molecular complexity index is 298. The number of rotatable bonds is 2. The second-order valence-corrected chi connectivity index (χ2v) is 3.54. The molecule has 0 spiro atoms. The molecule has 1 aromatic rings. The molecule has 0 bridgehead atoms. The number of nitrogens with zero attached hydrogens (tertiary/aromatic N) is 1. The van der Waals surface area contributed by atoms with Crippen molar-refractivity contribution in [3.63, 3.8) is 0 Å². The average molecular weight is 235 g/mol. The van der Waals surface area contributed by atoms with Crippen molar-refractivity contribution in [2.45, 2.75) is 32.2 Å². The van der Waals surface area contributed by atoms with E-state index >= 15 is 0 Å². The Kier molecular flexibility index (Phi) is 5.42. The molecule has 1 fully saturated rings. The van der Waals surface area contributed by atoms with Gasteiger partial charge in [-0.2, -0.15) is 0 Å². The van der Waals surface area contributed by atoms with Gasteiger partial charge in [-0.3, -0.25) is 4.98 Å². The molecule has 0 atom stereocenters. The third-order valence-electron chi connectivity index (χ3n) is 2.25. The van der Waals surface area contributed by atoms with E-state index in [4.69, 9.17) is 5.73 Å². The van der Waals surface area contributed by atoms with E-state index in [-0.39, 0.29) is 24.8 Å². The Hall–Kier alpha value is -0.310. The van der Waals surface area contributed by atoms with E-state index in [0.29, 0.717) is 6.54 Å². The smallest absolute Gasteiger partial charge is 0.0545 e. The molecule has 80 valence electrons. The van der Waals surface area contributed by atoms with E-state index in [0.717, 1.165) is 11.6 Å². The Labute approximate surface area is 97.1 Å². The van der Waals surface area contributed by atoms with Crippen LogP contribution in [0.25, 0.3) is 0 Å². The lowest BCUT2D eigenvalue weighted by Crippen LogP contribution is -2.02. The molecule has 1 heterocycles. The SMILES string of the molecule is Cc1cc(CN)nc(C2CC2)c1.Cl.Cl. The van der Waals surface area contributed by atoms with E-state index in [9.17, 15) is 0 Å². The van der Waals surface area contributed by atoms with E-state index in [1.807, 2.05) is 0 Å². The van der Waals surface area contributed by atoms with Gasteiger partial charge < -0.3 is 5.73 Å². The van der Waals surface area contributed by atoms with Crippen LogP contribution in [0.3, 0.4) is 0 Å². The van der Waals surface area contributed by atoms with E-state index in [1.165, 1.54) is 24.1 Å². The molecule has 0 unspecified atom stereocenters. The topological polar surface area (TPSA) is 38.9 Å². The minimum Gasteiger partial charge on any atom is -0.325 e. The van der Waals surface area contributed by atoms with E-state index < -0.39 is 0 Å². The van der Waals surface area contributed by atoms with Crippen LogP contribution in [0, 0.1) is 6.92 Å². The van der Waals surface area contributed by atoms with Crippen LogP contribution >= 0.6 is 24.8 Å². The Balaban J connectivity index is 0.000000845. The lowest BCUT2D eigenvalue weighted by Gasteiger charge is -2.03. The lowest BCUT2D eigenvalue weighted by atomic mass is 10.1. The highest BCUT2D eigenvalue weighted by Crippen LogP contribution is 2.39. The molecule has 0 amide bonds. The second-order valence-electron chi connectivity index (χ2n) is 3.54. The predicted molar refractivity (Wildman–Crippen MR) is 63.3 cm³/mol. The van der Waals surface area contributed by atoms with Crippen molar-refractivity contribution >= 4 is 24.8 Å². The zero-order valence-corrected chi connectivity index (χ0v) is 9.83. The molecule has 2 N–H and O–H groups in total. The van der Waals surface area contributed by atoms with Gasteiger partial charge in [-0.15, -0.1) is 24.8 Å². The summed E-state index contributed by atoms with van der Waals surface area (Å²) in [5.41, 5.74) is 9.10. The number of aromatic nitrogens is 1. The lowest BCUT2D eigenvalue weighted by molar-refractivity contribution is 0.920. The van der Waals surface area contributed by atoms with Crippen molar-refractivity contribution in [3.05, 3.63) is 29.1 Å². The first-order valence-corrected chi connectivity index (χ1v) is 4.47. The van der Waals surface area contributed by atoms with Gasteiger partial charge in [0, 0.05) is 18.2 Å². The highest BCUT2D eigenvalue weighted by atomic mass is 35.5. The second kappa shape index (κ2) is 5.54. The quantitative estimate of drug-likeness (QED) is 0.855. The molecule has 0 radical (unpaired) electrons. The first-order chi connectivity index (χ1) is 5.79. The van der Waals surface area contributed by atoms with Gasteiger partial charge in [-0.25, -0.2) is 0 Å². The molecule has 1 saturated carbocycles. The van der Waals surface area contributed by atoms with Crippen molar-refractivity contribution in [1.29, 1.82) is 0 Å². The molecule has 2 nitrogen and oxygen atoms in total. The molecule has 4 heteroatoms. The maximum atomic E-state index is 5.55. The Morgan fingerprint density at radius 1 is 1.36 bits per heavy atom. The zero-order valence-electron chi connectivity index (χ0n) is 8.19. The van der Waals surface area contributed by atoms with Gasteiger partial charge in [0.15, 0.2) is 0 Å². The maximum absolute atomic E-state index is 5.55. The van der Waals surface area contributed by atoms with Gasteiger partial charge >= 0.3 is 0 Å². The molecule has 0 aliphatic heterocycles. The fourth-order valence-corrected chi connectivity index (χ4v) is 1.46. The highest BCUT2D eigenvalue weighted by molar-refractivity contribution is 5.85. The van der Waals surface area contributed by atoms with Crippen LogP contribution in [0.5, 0.6) is 0 Å². The van der Waals surface area contributed by atoms with Crippen molar-refractivity contribution in [2.24, 2.45) is 5.73 Å². The van der Waals surface area contributed by atoms with Crippen molar-refractivity contribution in [3.8, 4) is 0 Å². The summed E-state index contributed by atoms with van der Waals surface area (Å²) < 4.78 is 0. The molecule has 0 aromatic carbocycles. The molecule has 14 heavy (non-hydrogen) atoms. The van der Waals surface area contributed by atoms with Crippen LogP contribution in [0.15, 0.2) is 12.1 Å². The van der Waals surface area contributed by atoms with Crippen molar-refractivity contribution < 1.29 is 0 Å². The molecule has 1 aliphatic rings. The van der Waals surface area contributed by atoms with Gasteiger partial charge in [0.25, 0.3) is 0 Å². The number of pyridine rings is 1. The fourth-order valence-electron chi connectivity index (χ4n) is 1.46. The Morgan fingerprint density at radius 2 is 2.00 bits per heavy atom. The van der Waals surface area contributed by atoms with Gasteiger partial charge in [-0.05, 0) is 37.5 Å². The first kappa shape index (κ1) is 13.7. The minimum absolute atomic E-state index is 0. The van der Waals surface area contributed by atoms with E-state index in [1.54, 1.807) is 0 Å². The number of halogens is 2. The van der Waals surface area contributed by atoms with Crippen LogP contribution in [0.2, 0.25) is 0 Å². The molecule has 1 aliphatic carbocycles. The van der Waals surface area contributed by atoms with Crippen molar-refractivity contribution in [2.75, 3.05) is 0 Å². The van der Waals surface area contributed by atoms with Crippen LogP contribution in [0.1, 0.15) is 35.7 Å². The predicted octanol–water partition coefficient (Wildman–Crippen LogP) is 2.57. The summed E-state index contributed by atoms with van der Waals surface area (Å²) in [4.78, 5) is 4.49. The number of nitrogens with two attached hydrogens (primary N) is 1. The summed E-state index contributed by atoms with van der Waals surface area (Å²) in [6.45, 7) is 2.66. The summed E-state index contributed by atoms with van der Waals surface area (Å²) in [5.74, 6) is 0.732. The number of hydrogen-bond acceptors (Lipinski definition) is 2. The largest absolute Gasteiger partial charge is 0.325 e. The van der Waals surface area contributed by atoms with Gasteiger partial charge in [0.1, 0.15) is 0 Å². The third-order valence-corrected chi connectivity index (χ3v) is 2.25. The van der Waals surface area contributed by atoms with Crippen LogP contribution < -0.4 is 5.73 Å². The van der Waals surface area contributed by atoms with Crippen LogP contribution in [0.4, 0.5) is 0 Å². The first-order valence-electron chi connectivity index (χ1n) is 4.47. The monoisotopic (exact) mass is 234 g/mol. The average Bonchev–Trinajstić information content (AvgIpc) is 2.85. The zero-order chi connectivity index (χ0) is 8.55. The molecule has 0 saturated heterocycles. The molecule has 2 rings (SSSR count). The van der Waals surface area contributed by atoms with E-state index in [2.05, 4.69) is 24.0 Å². The fraction of sp³-hybridized carbons (Fsp3) is 0.500. The third kappa shape index (κ3) is 3.12. The molecular formula is C10H16Cl2N2. The summed E-state index contributed by atoms with van der Waals surface area (Å²) in [6.07, 6.45) is 2.61. The Morgan fingerprint density at radius 3 is 2.50 bits per heavy atom. The maximum Gasteiger partial charge on any atom is 0.0545 e. The molecular weight excluding hydrogens is 219 g/mol. The van der Waals surface area contributed by atoms with Gasteiger partial charge in [-0.1, -0.05) is 0 Å². The summed E-state index contributed by atoms with van der Waals surface area (Å²) in [7, 11) is 0. The van der Waals surface area contributed by atoms with Crippen LogP contribution in [-0.2, 0) is 6.54 Å². The van der Waals surface area contributed by atoms with Gasteiger partial charge in [0.2, 0.25) is 0 Å². The highest BCUT2D eigenvalue weighted by Gasteiger charge is 2.25. The summed E-state index contributed by atoms with van der Waals surface area (Å²) in [6, 6.07) is 4.24. The standard InChI is InChI=1S/C10H14N2.2ClH/c1-7-4-9(6-11)12-10(5-7)8-2-3-8;;/h4-5,8H,2-3,6,11H2,1H3;2*1H. The molecule has 1 aromatic heterocycles. The van der Waals surface area contributed by atoms with Crippen LogP contribution in [-0.4, -0.2) is 4.98 Å².